The summed E-state index contributed by atoms with van der Waals surface area (Å²) in [5.41, 5.74) is 7.28. The van der Waals surface area contributed by atoms with Crippen LogP contribution in [-0.2, 0) is 0 Å². The van der Waals surface area contributed by atoms with Gasteiger partial charge in [0.25, 0.3) is 0 Å². The van der Waals surface area contributed by atoms with E-state index >= 15 is 0 Å². The molecule has 0 bridgehead atoms. The van der Waals surface area contributed by atoms with Crippen molar-refractivity contribution in [2.45, 2.75) is 122 Å². The predicted octanol–water partition coefficient (Wildman–Crippen LogP) is 11.4. The maximum atomic E-state index is 2.55. The SMILES string of the molecule is CCCCCCCCC1CC=C(c2ccc(-c3ccc([C@H]4CC[C@H](CCC)CC4)cc3)cc2)CC1. The molecule has 2 aliphatic rings. The first-order chi connectivity index (χ1) is 17.3. The molecule has 1 unspecified atom stereocenters. The van der Waals surface area contributed by atoms with Crippen molar-refractivity contribution in [1.82, 2.24) is 0 Å². The Hall–Kier alpha value is -1.82. The van der Waals surface area contributed by atoms with Crippen LogP contribution < -0.4 is 0 Å². The Labute approximate surface area is 216 Å². The highest BCUT2D eigenvalue weighted by molar-refractivity contribution is 5.71. The summed E-state index contributed by atoms with van der Waals surface area (Å²) in [6.07, 6.45) is 24.8. The van der Waals surface area contributed by atoms with Crippen LogP contribution in [-0.4, -0.2) is 0 Å². The van der Waals surface area contributed by atoms with E-state index in [0.29, 0.717) is 0 Å². The van der Waals surface area contributed by atoms with Gasteiger partial charge >= 0.3 is 0 Å². The van der Waals surface area contributed by atoms with Gasteiger partial charge in [-0.05, 0) is 90.5 Å². The van der Waals surface area contributed by atoms with Gasteiger partial charge < -0.3 is 0 Å². The van der Waals surface area contributed by atoms with Crippen molar-refractivity contribution in [3.63, 3.8) is 0 Å². The predicted molar refractivity (Wildman–Crippen MR) is 155 cm³/mol. The number of unbranched alkanes of at least 4 members (excludes halogenated alkanes) is 5. The van der Waals surface area contributed by atoms with Gasteiger partial charge in [-0.15, -0.1) is 0 Å². The molecule has 0 saturated heterocycles. The maximum Gasteiger partial charge on any atom is -0.0162 e. The Balaban J connectivity index is 1.25. The highest BCUT2D eigenvalue weighted by atomic mass is 14.3. The van der Waals surface area contributed by atoms with Gasteiger partial charge in [0.2, 0.25) is 0 Å². The van der Waals surface area contributed by atoms with Crippen LogP contribution in [0.2, 0.25) is 0 Å². The van der Waals surface area contributed by atoms with Crippen LogP contribution in [0.4, 0.5) is 0 Å². The average molecular weight is 471 g/mol. The molecule has 0 heteroatoms. The van der Waals surface area contributed by atoms with Gasteiger partial charge in [0, 0.05) is 0 Å². The van der Waals surface area contributed by atoms with Gasteiger partial charge in [0.1, 0.15) is 0 Å². The molecule has 0 radical (unpaired) electrons. The molecule has 0 nitrogen and oxygen atoms in total. The summed E-state index contributed by atoms with van der Waals surface area (Å²) in [4.78, 5) is 0. The Bertz CT molecular complexity index is 877. The molecule has 2 aliphatic carbocycles. The Kier molecular flexibility index (Phi) is 10.5. The van der Waals surface area contributed by atoms with Gasteiger partial charge in [-0.3, -0.25) is 0 Å². The van der Waals surface area contributed by atoms with Crippen LogP contribution in [0.25, 0.3) is 16.7 Å². The Morgan fingerprint density at radius 2 is 1.20 bits per heavy atom. The number of rotatable bonds is 12. The minimum Gasteiger partial charge on any atom is -0.0804 e. The normalized spacial score (nSPS) is 22.7. The standard InChI is InChI=1S/C35H50/c1-3-5-6-7-8-9-11-29-14-18-31(19-15-29)33-22-26-35(27-23-33)34-24-20-32(21-25-34)30-16-12-28(10-4-2)13-17-30/h18,20-30H,3-17,19H2,1-2H3/t28-,29?,30-. The number of benzene rings is 2. The van der Waals surface area contributed by atoms with E-state index in [2.05, 4.69) is 68.5 Å². The van der Waals surface area contributed by atoms with Crippen molar-refractivity contribution in [1.29, 1.82) is 0 Å². The zero-order valence-corrected chi connectivity index (χ0v) is 22.7. The molecule has 0 aliphatic heterocycles. The highest BCUT2D eigenvalue weighted by Crippen LogP contribution is 2.38. The molecule has 0 amide bonds. The van der Waals surface area contributed by atoms with Crippen LogP contribution in [0.1, 0.15) is 134 Å². The lowest BCUT2D eigenvalue weighted by molar-refractivity contribution is 0.308. The fraction of sp³-hybridized carbons (Fsp3) is 0.600. The van der Waals surface area contributed by atoms with E-state index in [1.54, 1.807) is 11.1 Å². The molecule has 1 saturated carbocycles. The lowest BCUT2D eigenvalue weighted by Gasteiger charge is -2.28. The first kappa shape index (κ1) is 26.2. The molecule has 1 fully saturated rings. The van der Waals surface area contributed by atoms with Crippen LogP contribution >= 0.6 is 0 Å². The molecule has 1 atom stereocenters. The lowest BCUT2D eigenvalue weighted by Crippen LogP contribution is -2.13. The molecule has 0 heterocycles. The first-order valence-corrected chi connectivity index (χ1v) is 15.2. The van der Waals surface area contributed by atoms with Crippen molar-refractivity contribution in [3.05, 3.63) is 65.7 Å². The molecule has 2 aromatic carbocycles. The zero-order chi connectivity index (χ0) is 24.3. The summed E-state index contributed by atoms with van der Waals surface area (Å²) in [7, 11) is 0. The van der Waals surface area contributed by atoms with Gasteiger partial charge in [-0.2, -0.15) is 0 Å². The van der Waals surface area contributed by atoms with Crippen molar-refractivity contribution in [2.24, 2.45) is 11.8 Å². The van der Waals surface area contributed by atoms with E-state index in [0.717, 1.165) is 17.8 Å². The molecule has 2 aromatic rings. The molecule has 0 N–H and O–H groups in total. The summed E-state index contributed by atoms with van der Waals surface area (Å²) < 4.78 is 0. The van der Waals surface area contributed by atoms with Gasteiger partial charge in [0.05, 0.1) is 0 Å². The second-order valence-electron chi connectivity index (χ2n) is 11.6. The second-order valence-corrected chi connectivity index (χ2v) is 11.6. The molecule has 4 rings (SSSR count). The number of hydrogen-bond acceptors (Lipinski definition) is 0. The molecule has 35 heavy (non-hydrogen) atoms. The lowest BCUT2D eigenvalue weighted by atomic mass is 9.77. The molecular formula is C35H50. The third-order valence-corrected chi connectivity index (χ3v) is 9.00. The molecule has 190 valence electrons. The van der Waals surface area contributed by atoms with Gasteiger partial charge in [-0.25, -0.2) is 0 Å². The largest absolute Gasteiger partial charge is 0.0804 e. The minimum absolute atomic E-state index is 0.780. The average Bonchev–Trinajstić information content (AvgIpc) is 2.92. The van der Waals surface area contributed by atoms with Crippen molar-refractivity contribution in [3.8, 4) is 11.1 Å². The van der Waals surface area contributed by atoms with Crippen molar-refractivity contribution < 1.29 is 0 Å². The van der Waals surface area contributed by atoms with Crippen LogP contribution in [0.5, 0.6) is 0 Å². The zero-order valence-electron chi connectivity index (χ0n) is 22.7. The van der Waals surface area contributed by atoms with Crippen molar-refractivity contribution >= 4 is 5.57 Å². The van der Waals surface area contributed by atoms with Crippen LogP contribution in [0.15, 0.2) is 54.6 Å². The molecule has 0 spiro atoms. The molecular weight excluding hydrogens is 420 g/mol. The highest BCUT2D eigenvalue weighted by Gasteiger charge is 2.21. The smallest absolute Gasteiger partial charge is 0.0162 e. The van der Waals surface area contributed by atoms with E-state index in [1.165, 1.54) is 119 Å². The Morgan fingerprint density at radius 1 is 0.571 bits per heavy atom. The third-order valence-electron chi connectivity index (χ3n) is 9.00. The van der Waals surface area contributed by atoms with Crippen LogP contribution in [0, 0.1) is 11.8 Å². The summed E-state index contributed by atoms with van der Waals surface area (Å²) in [6.45, 7) is 4.63. The third kappa shape index (κ3) is 7.83. The van der Waals surface area contributed by atoms with E-state index in [4.69, 9.17) is 0 Å². The monoisotopic (exact) mass is 470 g/mol. The second kappa shape index (κ2) is 14.1. The fourth-order valence-electron chi connectivity index (χ4n) is 6.64. The number of allylic oxidation sites excluding steroid dienone is 2. The summed E-state index contributed by atoms with van der Waals surface area (Å²) in [5.74, 6) is 2.69. The first-order valence-electron chi connectivity index (χ1n) is 15.2. The number of hydrogen-bond donors (Lipinski definition) is 0. The minimum atomic E-state index is 0.780. The van der Waals surface area contributed by atoms with Crippen LogP contribution in [0.3, 0.4) is 0 Å². The van der Waals surface area contributed by atoms with Crippen molar-refractivity contribution in [2.75, 3.05) is 0 Å². The maximum absolute atomic E-state index is 2.55. The fourth-order valence-corrected chi connectivity index (χ4v) is 6.64. The topological polar surface area (TPSA) is 0 Å². The van der Waals surface area contributed by atoms with E-state index in [1.807, 2.05) is 0 Å². The van der Waals surface area contributed by atoms with Gasteiger partial charge in [0.15, 0.2) is 0 Å². The van der Waals surface area contributed by atoms with Gasteiger partial charge in [-0.1, -0.05) is 126 Å². The molecule has 0 aromatic heterocycles. The summed E-state index contributed by atoms with van der Waals surface area (Å²) >= 11 is 0. The Morgan fingerprint density at radius 3 is 1.83 bits per heavy atom. The van der Waals surface area contributed by atoms with E-state index in [-0.39, 0.29) is 0 Å². The quantitative estimate of drug-likeness (QED) is 0.270. The van der Waals surface area contributed by atoms with E-state index < -0.39 is 0 Å². The van der Waals surface area contributed by atoms with E-state index in [9.17, 15) is 0 Å². The summed E-state index contributed by atoms with van der Waals surface area (Å²) in [5, 5.41) is 0. The summed E-state index contributed by atoms with van der Waals surface area (Å²) in [6, 6.07) is 18.9.